The van der Waals surface area contributed by atoms with Gasteiger partial charge in [0.05, 0.1) is 6.54 Å². The van der Waals surface area contributed by atoms with E-state index in [0.29, 0.717) is 5.82 Å². The number of hydrogen-bond acceptors (Lipinski definition) is 3. The van der Waals surface area contributed by atoms with Crippen molar-refractivity contribution < 1.29 is 0 Å². The zero-order valence-corrected chi connectivity index (χ0v) is 6.57. The second-order valence-corrected chi connectivity index (χ2v) is 2.59. The first kappa shape index (κ1) is 7.03. The van der Waals surface area contributed by atoms with Gasteiger partial charge in [0.25, 0.3) is 0 Å². The molecule has 0 aliphatic carbocycles. The molecule has 2 rings (SSSR count). The fraction of sp³-hybridized carbons (Fsp3) is 0.111. The highest BCUT2D eigenvalue weighted by Gasteiger charge is 2.05. The van der Waals surface area contributed by atoms with E-state index in [9.17, 15) is 0 Å². The summed E-state index contributed by atoms with van der Waals surface area (Å²) in [4.78, 5) is 8.08. The summed E-state index contributed by atoms with van der Waals surface area (Å²) in [5.74, 6) is 0.567. The van der Waals surface area contributed by atoms with Crippen molar-refractivity contribution in [2.45, 2.75) is 0 Å². The van der Waals surface area contributed by atoms with Crippen molar-refractivity contribution in [2.75, 3.05) is 12.3 Å². The van der Waals surface area contributed by atoms with Gasteiger partial charge >= 0.3 is 0 Å². The largest absolute Gasteiger partial charge is 0.383 e. The molecule has 0 spiro atoms. The van der Waals surface area contributed by atoms with E-state index >= 15 is 0 Å². The fourth-order valence-electron chi connectivity index (χ4n) is 1.20. The Labute approximate surface area is 70.7 Å². The van der Waals surface area contributed by atoms with E-state index in [2.05, 4.69) is 9.98 Å². The molecule has 1 aliphatic heterocycles. The van der Waals surface area contributed by atoms with Crippen LogP contribution in [0.15, 0.2) is 29.4 Å². The molecule has 2 heterocycles. The molecule has 0 fully saturated rings. The van der Waals surface area contributed by atoms with Crippen LogP contribution in [0.4, 0.5) is 5.82 Å². The van der Waals surface area contributed by atoms with E-state index in [1.165, 1.54) is 0 Å². The van der Waals surface area contributed by atoms with Crippen LogP contribution in [0.3, 0.4) is 0 Å². The van der Waals surface area contributed by atoms with Crippen LogP contribution < -0.4 is 5.73 Å². The Morgan fingerprint density at radius 3 is 3.00 bits per heavy atom. The van der Waals surface area contributed by atoms with Crippen LogP contribution in [0.2, 0.25) is 0 Å². The standard InChI is InChI=1S/C9H9N3/c10-9-8(2-1-4-12-9)7-3-5-11-6-7/h1-4,6H,5H2,(H2,10,12). The first-order valence-electron chi connectivity index (χ1n) is 3.79. The molecule has 0 saturated carbocycles. The summed E-state index contributed by atoms with van der Waals surface area (Å²) in [6.45, 7) is 0.754. The van der Waals surface area contributed by atoms with E-state index < -0.39 is 0 Å². The third-order valence-electron chi connectivity index (χ3n) is 1.80. The minimum absolute atomic E-state index is 0.567. The lowest BCUT2D eigenvalue weighted by Gasteiger charge is -2.00. The Kier molecular flexibility index (Phi) is 1.63. The van der Waals surface area contributed by atoms with Gasteiger partial charge in [0.15, 0.2) is 0 Å². The predicted octanol–water partition coefficient (Wildman–Crippen LogP) is 1.13. The Morgan fingerprint density at radius 1 is 1.42 bits per heavy atom. The number of nitrogens with two attached hydrogens (primary N) is 1. The van der Waals surface area contributed by atoms with Gasteiger partial charge in [-0.25, -0.2) is 4.98 Å². The van der Waals surface area contributed by atoms with Gasteiger partial charge in [-0.1, -0.05) is 6.08 Å². The summed E-state index contributed by atoms with van der Waals surface area (Å²) in [6, 6.07) is 3.82. The zero-order chi connectivity index (χ0) is 8.39. The number of pyridine rings is 1. The van der Waals surface area contributed by atoms with Crippen LogP contribution in [0.1, 0.15) is 5.56 Å². The zero-order valence-electron chi connectivity index (χ0n) is 6.57. The second kappa shape index (κ2) is 2.77. The monoisotopic (exact) mass is 159 g/mol. The summed E-state index contributed by atoms with van der Waals surface area (Å²) >= 11 is 0. The normalized spacial score (nSPS) is 14.8. The van der Waals surface area contributed by atoms with E-state index in [0.717, 1.165) is 17.7 Å². The lowest BCUT2D eigenvalue weighted by atomic mass is 10.1. The Bertz CT molecular complexity index is 353. The summed E-state index contributed by atoms with van der Waals surface area (Å²) < 4.78 is 0. The molecule has 0 atom stereocenters. The minimum Gasteiger partial charge on any atom is -0.383 e. The third-order valence-corrected chi connectivity index (χ3v) is 1.80. The van der Waals surface area contributed by atoms with Crippen molar-refractivity contribution in [3.05, 3.63) is 30.0 Å². The smallest absolute Gasteiger partial charge is 0.131 e. The fourth-order valence-corrected chi connectivity index (χ4v) is 1.20. The number of aliphatic imine (C=N–C) groups is 1. The molecule has 1 aromatic heterocycles. The third kappa shape index (κ3) is 1.09. The molecule has 0 bridgehead atoms. The van der Waals surface area contributed by atoms with Gasteiger partial charge in [-0.15, -0.1) is 0 Å². The molecule has 1 aromatic rings. The quantitative estimate of drug-likeness (QED) is 0.667. The maximum Gasteiger partial charge on any atom is 0.131 e. The van der Waals surface area contributed by atoms with Crippen molar-refractivity contribution in [1.29, 1.82) is 0 Å². The van der Waals surface area contributed by atoms with Gasteiger partial charge in [0.1, 0.15) is 5.82 Å². The van der Waals surface area contributed by atoms with E-state index in [-0.39, 0.29) is 0 Å². The van der Waals surface area contributed by atoms with Gasteiger partial charge in [-0.2, -0.15) is 0 Å². The number of nitrogen functional groups attached to an aromatic ring is 1. The highest BCUT2D eigenvalue weighted by Crippen LogP contribution is 2.19. The van der Waals surface area contributed by atoms with Crippen molar-refractivity contribution in [1.82, 2.24) is 4.98 Å². The molecule has 0 amide bonds. The maximum absolute atomic E-state index is 5.69. The van der Waals surface area contributed by atoms with Crippen molar-refractivity contribution in [3.63, 3.8) is 0 Å². The van der Waals surface area contributed by atoms with Crippen molar-refractivity contribution in [3.8, 4) is 0 Å². The molecule has 12 heavy (non-hydrogen) atoms. The van der Waals surface area contributed by atoms with E-state index in [1.54, 1.807) is 6.20 Å². The second-order valence-electron chi connectivity index (χ2n) is 2.59. The number of hydrogen-bond donors (Lipinski definition) is 1. The number of allylic oxidation sites excluding steroid dienone is 1. The molecule has 0 radical (unpaired) electrons. The first-order chi connectivity index (χ1) is 5.88. The SMILES string of the molecule is Nc1ncccc1C1=CCN=C1. The molecule has 0 saturated heterocycles. The maximum atomic E-state index is 5.69. The summed E-state index contributed by atoms with van der Waals surface area (Å²) in [5.41, 5.74) is 7.73. The van der Waals surface area contributed by atoms with Crippen LogP contribution in [0.5, 0.6) is 0 Å². The molecule has 60 valence electrons. The average molecular weight is 159 g/mol. The molecule has 3 heteroatoms. The van der Waals surface area contributed by atoms with Gasteiger partial charge < -0.3 is 5.73 Å². The minimum atomic E-state index is 0.567. The molecule has 1 aliphatic rings. The Hall–Kier alpha value is -1.64. The summed E-state index contributed by atoms with van der Waals surface area (Å²) in [7, 11) is 0. The number of anilines is 1. The van der Waals surface area contributed by atoms with Gasteiger partial charge in [-0.05, 0) is 12.1 Å². The molecule has 2 N–H and O–H groups in total. The molecule has 0 unspecified atom stereocenters. The van der Waals surface area contributed by atoms with Crippen molar-refractivity contribution >= 4 is 17.6 Å². The van der Waals surface area contributed by atoms with E-state index in [1.807, 2.05) is 24.4 Å². The van der Waals surface area contributed by atoms with Gasteiger partial charge in [0, 0.05) is 23.5 Å². The molecule has 0 aromatic carbocycles. The molecular weight excluding hydrogens is 150 g/mol. The predicted molar refractivity (Wildman–Crippen MR) is 50.0 cm³/mol. The van der Waals surface area contributed by atoms with Crippen LogP contribution >= 0.6 is 0 Å². The molecular formula is C9H9N3. The first-order valence-corrected chi connectivity index (χ1v) is 3.79. The van der Waals surface area contributed by atoms with Crippen LogP contribution in [0, 0.1) is 0 Å². The van der Waals surface area contributed by atoms with Crippen LogP contribution in [-0.4, -0.2) is 17.7 Å². The number of nitrogens with zero attached hydrogens (tertiary/aromatic N) is 2. The van der Waals surface area contributed by atoms with Crippen LogP contribution in [-0.2, 0) is 0 Å². The number of aromatic nitrogens is 1. The summed E-state index contributed by atoms with van der Waals surface area (Å²) in [5, 5.41) is 0. The lowest BCUT2D eigenvalue weighted by molar-refractivity contribution is 1.29. The Balaban J connectivity index is 2.46. The van der Waals surface area contributed by atoms with Crippen molar-refractivity contribution in [2.24, 2.45) is 4.99 Å². The highest BCUT2D eigenvalue weighted by atomic mass is 14.8. The topological polar surface area (TPSA) is 51.3 Å². The van der Waals surface area contributed by atoms with Crippen LogP contribution in [0.25, 0.3) is 5.57 Å². The summed E-state index contributed by atoms with van der Waals surface area (Å²) in [6.07, 6.45) is 5.55. The highest BCUT2D eigenvalue weighted by molar-refractivity contribution is 6.12. The molecule has 3 nitrogen and oxygen atoms in total. The van der Waals surface area contributed by atoms with Gasteiger partial charge in [0.2, 0.25) is 0 Å². The number of rotatable bonds is 1. The lowest BCUT2D eigenvalue weighted by Crippen LogP contribution is -1.95. The average Bonchev–Trinajstić information content (AvgIpc) is 2.57. The van der Waals surface area contributed by atoms with Gasteiger partial charge in [-0.3, -0.25) is 4.99 Å². The Morgan fingerprint density at radius 2 is 2.33 bits per heavy atom. The van der Waals surface area contributed by atoms with E-state index in [4.69, 9.17) is 5.73 Å².